The van der Waals surface area contributed by atoms with Gasteiger partial charge < -0.3 is 14.7 Å². The number of hydrogen-bond donors (Lipinski definition) is 1. The molecule has 0 radical (unpaired) electrons. The molecule has 5 nitrogen and oxygen atoms in total. The molecule has 1 amide bonds. The van der Waals surface area contributed by atoms with E-state index in [2.05, 4.69) is 6.07 Å². The second-order valence-electron chi connectivity index (χ2n) is 6.54. The van der Waals surface area contributed by atoms with Gasteiger partial charge in [-0.2, -0.15) is 0 Å². The van der Waals surface area contributed by atoms with Gasteiger partial charge in [0.25, 0.3) is 5.91 Å². The summed E-state index contributed by atoms with van der Waals surface area (Å²) in [5.74, 6) is 0.244. The Bertz CT molecular complexity index is 794. The number of rotatable bonds is 5. The van der Waals surface area contributed by atoms with Crippen molar-refractivity contribution in [1.29, 1.82) is 0 Å². The fourth-order valence-corrected chi connectivity index (χ4v) is 3.61. The molecule has 1 aliphatic heterocycles. The molecule has 0 spiro atoms. The first-order valence-corrected chi connectivity index (χ1v) is 8.82. The van der Waals surface area contributed by atoms with E-state index in [4.69, 9.17) is 9.84 Å². The van der Waals surface area contributed by atoms with Crippen molar-refractivity contribution in [2.24, 2.45) is 0 Å². The van der Waals surface area contributed by atoms with Gasteiger partial charge in [0.15, 0.2) is 0 Å². The normalized spacial score (nSPS) is 14.9. The lowest BCUT2D eigenvalue weighted by molar-refractivity contribution is -0.136. The Kier molecular flexibility index (Phi) is 5.56. The molecule has 26 heavy (non-hydrogen) atoms. The van der Waals surface area contributed by atoms with E-state index in [0.29, 0.717) is 30.1 Å². The third-order valence-corrected chi connectivity index (χ3v) is 4.95. The average Bonchev–Trinajstić information content (AvgIpc) is 2.67. The van der Waals surface area contributed by atoms with Crippen molar-refractivity contribution in [1.82, 2.24) is 4.90 Å². The van der Waals surface area contributed by atoms with E-state index in [0.717, 1.165) is 18.6 Å². The van der Waals surface area contributed by atoms with E-state index in [1.165, 1.54) is 5.56 Å². The molecule has 0 bridgehead atoms. The van der Waals surface area contributed by atoms with Crippen molar-refractivity contribution in [3.05, 3.63) is 65.2 Å². The van der Waals surface area contributed by atoms with Crippen molar-refractivity contribution in [2.45, 2.75) is 25.2 Å². The number of ether oxygens (including phenoxy) is 1. The highest BCUT2D eigenvalue weighted by Gasteiger charge is 2.27. The first-order valence-electron chi connectivity index (χ1n) is 8.82. The van der Waals surface area contributed by atoms with Crippen LogP contribution in [0, 0.1) is 0 Å². The largest absolute Gasteiger partial charge is 0.496 e. The highest BCUT2D eigenvalue weighted by Crippen LogP contribution is 2.34. The number of likely N-dealkylation sites (tertiary alicyclic amines) is 1. The topological polar surface area (TPSA) is 66.8 Å². The Morgan fingerprint density at radius 1 is 1.08 bits per heavy atom. The molecular weight excluding hydrogens is 330 g/mol. The molecule has 3 rings (SSSR count). The maximum absolute atomic E-state index is 12.9. The number of carboxylic acids is 1. The number of carbonyl (C=O) groups excluding carboxylic acids is 1. The lowest BCUT2D eigenvalue weighted by atomic mass is 9.88. The molecule has 0 saturated carbocycles. The number of methoxy groups -OCH3 is 1. The highest BCUT2D eigenvalue weighted by molar-refractivity contribution is 5.96. The minimum atomic E-state index is -0.930. The Morgan fingerprint density at radius 2 is 1.73 bits per heavy atom. The van der Waals surface area contributed by atoms with Gasteiger partial charge in [0.1, 0.15) is 5.75 Å². The van der Waals surface area contributed by atoms with Crippen LogP contribution in [0.1, 0.15) is 40.2 Å². The van der Waals surface area contributed by atoms with Gasteiger partial charge in [0, 0.05) is 18.7 Å². The van der Waals surface area contributed by atoms with Crippen LogP contribution >= 0.6 is 0 Å². The van der Waals surface area contributed by atoms with Gasteiger partial charge in [-0.3, -0.25) is 9.59 Å². The van der Waals surface area contributed by atoms with E-state index in [1.807, 2.05) is 23.1 Å². The maximum atomic E-state index is 12.9. The SMILES string of the molecule is COc1ccccc1C1CCN(C(=O)c2ccccc2CC(=O)O)CC1. The lowest BCUT2D eigenvalue weighted by Crippen LogP contribution is -2.38. The molecule has 0 unspecified atom stereocenters. The van der Waals surface area contributed by atoms with Crippen molar-refractivity contribution in [3.63, 3.8) is 0 Å². The molecule has 1 heterocycles. The van der Waals surface area contributed by atoms with E-state index in [1.54, 1.807) is 31.4 Å². The van der Waals surface area contributed by atoms with Gasteiger partial charge >= 0.3 is 5.97 Å². The van der Waals surface area contributed by atoms with Gasteiger partial charge in [-0.05, 0) is 42.0 Å². The predicted molar refractivity (Wildman–Crippen MR) is 98.7 cm³/mol. The monoisotopic (exact) mass is 353 g/mol. The molecule has 136 valence electrons. The highest BCUT2D eigenvalue weighted by atomic mass is 16.5. The Morgan fingerprint density at radius 3 is 2.42 bits per heavy atom. The van der Waals surface area contributed by atoms with Crippen LogP contribution in [0.5, 0.6) is 5.75 Å². The number of piperidine rings is 1. The van der Waals surface area contributed by atoms with E-state index >= 15 is 0 Å². The minimum absolute atomic E-state index is 0.0830. The molecule has 0 aliphatic carbocycles. The molecular formula is C21H23NO4. The summed E-state index contributed by atoms with van der Waals surface area (Å²) in [4.78, 5) is 25.7. The fraction of sp³-hybridized carbons (Fsp3) is 0.333. The summed E-state index contributed by atoms with van der Waals surface area (Å²) in [6, 6.07) is 15.0. The standard InChI is InChI=1S/C21H23NO4/c1-26-19-9-5-4-7-17(19)15-10-12-22(13-11-15)21(25)18-8-3-2-6-16(18)14-20(23)24/h2-9,15H,10-14H2,1H3,(H,23,24). The Balaban J connectivity index is 1.70. The van der Waals surface area contributed by atoms with Crippen LogP contribution < -0.4 is 4.74 Å². The van der Waals surface area contributed by atoms with Crippen LogP contribution in [0.2, 0.25) is 0 Å². The second kappa shape index (κ2) is 8.04. The third kappa shape index (κ3) is 3.87. The number of carboxylic acid groups (broad SMARTS) is 1. The first-order chi connectivity index (χ1) is 12.6. The zero-order valence-corrected chi connectivity index (χ0v) is 14.9. The number of para-hydroxylation sites is 1. The second-order valence-corrected chi connectivity index (χ2v) is 6.54. The smallest absolute Gasteiger partial charge is 0.307 e. The molecule has 0 atom stereocenters. The fourth-order valence-electron chi connectivity index (χ4n) is 3.61. The number of benzene rings is 2. The summed E-state index contributed by atoms with van der Waals surface area (Å²) in [7, 11) is 1.68. The minimum Gasteiger partial charge on any atom is -0.496 e. The van der Waals surface area contributed by atoms with E-state index in [-0.39, 0.29) is 12.3 Å². The van der Waals surface area contributed by atoms with Crippen LogP contribution in [0.15, 0.2) is 48.5 Å². The predicted octanol–water partition coefficient (Wildman–Crippen LogP) is 3.34. The van der Waals surface area contributed by atoms with Gasteiger partial charge in [-0.1, -0.05) is 36.4 Å². The average molecular weight is 353 g/mol. The Hall–Kier alpha value is -2.82. The van der Waals surface area contributed by atoms with Crippen LogP contribution in [-0.2, 0) is 11.2 Å². The molecule has 2 aromatic rings. The van der Waals surface area contributed by atoms with Gasteiger partial charge in [0.05, 0.1) is 13.5 Å². The zero-order chi connectivity index (χ0) is 18.5. The number of hydrogen-bond acceptors (Lipinski definition) is 3. The molecule has 5 heteroatoms. The molecule has 1 N–H and O–H groups in total. The first kappa shape index (κ1) is 18.0. The zero-order valence-electron chi connectivity index (χ0n) is 14.9. The van der Waals surface area contributed by atoms with Crippen LogP contribution in [-0.4, -0.2) is 42.1 Å². The van der Waals surface area contributed by atoms with Gasteiger partial charge in [0.2, 0.25) is 0 Å². The summed E-state index contributed by atoms with van der Waals surface area (Å²) in [5, 5.41) is 9.06. The van der Waals surface area contributed by atoms with Crippen molar-refractivity contribution < 1.29 is 19.4 Å². The molecule has 2 aromatic carbocycles. The van der Waals surface area contributed by atoms with Crippen molar-refractivity contribution in [3.8, 4) is 5.75 Å². The third-order valence-electron chi connectivity index (χ3n) is 4.95. The van der Waals surface area contributed by atoms with E-state index < -0.39 is 5.97 Å². The quantitative estimate of drug-likeness (QED) is 0.895. The molecule has 1 aliphatic rings. The lowest BCUT2D eigenvalue weighted by Gasteiger charge is -2.33. The number of carbonyl (C=O) groups is 2. The van der Waals surface area contributed by atoms with E-state index in [9.17, 15) is 9.59 Å². The number of nitrogens with zero attached hydrogens (tertiary/aromatic N) is 1. The summed E-state index contributed by atoms with van der Waals surface area (Å²) in [6.45, 7) is 1.31. The number of amides is 1. The summed E-state index contributed by atoms with van der Waals surface area (Å²) in [6.07, 6.45) is 1.60. The molecule has 1 saturated heterocycles. The number of aliphatic carboxylic acids is 1. The van der Waals surface area contributed by atoms with Crippen molar-refractivity contribution in [2.75, 3.05) is 20.2 Å². The summed E-state index contributed by atoms with van der Waals surface area (Å²) < 4.78 is 5.46. The van der Waals surface area contributed by atoms with Gasteiger partial charge in [-0.15, -0.1) is 0 Å². The maximum Gasteiger partial charge on any atom is 0.307 e. The van der Waals surface area contributed by atoms with Crippen LogP contribution in [0.4, 0.5) is 0 Å². The van der Waals surface area contributed by atoms with Crippen LogP contribution in [0.3, 0.4) is 0 Å². The van der Waals surface area contributed by atoms with Crippen LogP contribution in [0.25, 0.3) is 0 Å². The van der Waals surface area contributed by atoms with Crippen molar-refractivity contribution >= 4 is 11.9 Å². The van der Waals surface area contributed by atoms with Gasteiger partial charge in [-0.25, -0.2) is 0 Å². The molecule has 0 aromatic heterocycles. The summed E-state index contributed by atoms with van der Waals surface area (Å²) in [5.41, 5.74) is 2.25. The molecule has 1 fully saturated rings. The Labute approximate surface area is 153 Å². The summed E-state index contributed by atoms with van der Waals surface area (Å²) >= 11 is 0.